The minimum atomic E-state index is 0.694. The van der Waals surface area contributed by atoms with E-state index >= 15 is 0 Å². The Hall–Kier alpha value is -3.34. The van der Waals surface area contributed by atoms with E-state index < -0.39 is 0 Å². The Morgan fingerprint density at radius 2 is 1.93 bits per heavy atom. The number of H-pyrrole nitrogens is 1. The van der Waals surface area contributed by atoms with Gasteiger partial charge in [0.05, 0.1) is 0 Å². The lowest BCUT2D eigenvalue weighted by Gasteiger charge is -2.19. The van der Waals surface area contributed by atoms with Gasteiger partial charge in [-0.2, -0.15) is 4.98 Å². The molecule has 2 aromatic carbocycles. The Kier molecular flexibility index (Phi) is 4.20. The lowest BCUT2D eigenvalue weighted by Crippen LogP contribution is -2.17. The first-order chi connectivity index (χ1) is 13.8. The van der Waals surface area contributed by atoms with Crippen LogP contribution in [0, 0.1) is 6.92 Å². The standard InChI is InChI=1S/C23H23N5/c1-16-14-22(28-13-11-17-6-2-5-9-21(17)28)27-23(26-16)24-12-10-18-15-25-20-8-4-3-7-19(18)20/h2-9,14-15,25H,10-13H2,1H3,(H,24,26,27). The molecule has 5 nitrogen and oxygen atoms in total. The number of fused-ring (bicyclic) bond motifs is 2. The molecule has 0 radical (unpaired) electrons. The van der Waals surface area contributed by atoms with Crippen LogP contribution in [0.2, 0.25) is 0 Å². The van der Waals surface area contributed by atoms with E-state index in [1.165, 1.54) is 27.7 Å². The Bertz CT molecular complexity index is 1130. The fourth-order valence-corrected chi connectivity index (χ4v) is 3.99. The van der Waals surface area contributed by atoms with E-state index in [0.29, 0.717) is 5.95 Å². The van der Waals surface area contributed by atoms with Gasteiger partial charge in [0.15, 0.2) is 0 Å². The first-order valence-corrected chi connectivity index (χ1v) is 9.78. The predicted octanol–water partition coefficient (Wildman–Crippen LogP) is 4.62. The van der Waals surface area contributed by atoms with E-state index in [9.17, 15) is 0 Å². The first-order valence-electron chi connectivity index (χ1n) is 9.78. The Morgan fingerprint density at radius 1 is 1.07 bits per heavy atom. The average molecular weight is 369 g/mol. The molecular weight excluding hydrogens is 346 g/mol. The van der Waals surface area contributed by atoms with Crippen molar-refractivity contribution in [2.24, 2.45) is 0 Å². The molecule has 140 valence electrons. The van der Waals surface area contributed by atoms with Crippen LogP contribution in [0.15, 0.2) is 60.8 Å². The van der Waals surface area contributed by atoms with Gasteiger partial charge >= 0.3 is 0 Å². The van der Waals surface area contributed by atoms with Gasteiger partial charge < -0.3 is 15.2 Å². The van der Waals surface area contributed by atoms with Gasteiger partial charge in [-0.15, -0.1) is 0 Å². The molecule has 4 aromatic rings. The molecule has 0 bridgehead atoms. The number of aryl methyl sites for hydroxylation is 1. The molecule has 2 aromatic heterocycles. The van der Waals surface area contributed by atoms with E-state index in [1.54, 1.807) is 0 Å². The molecule has 0 aliphatic carbocycles. The Balaban J connectivity index is 1.33. The average Bonchev–Trinajstić information content (AvgIpc) is 3.32. The van der Waals surface area contributed by atoms with Crippen LogP contribution in [0.1, 0.15) is 16.8 Å². The van der Waals surface area contributed by atoms with Crippen LogP contribution in [-0.2, 0) is 12.8 Å². The van der Waals surface area contributed by atoms with Crippen LogP contribution < -0.4 is 10.2 Å². The predicted molar refractivity (Wildman–Crippen MR) is 114 cm³/mol. The molecule has 0 unspecified atom stereocenters. The summed E-state index contributed by atoms with van der Waals surface area (Å²) in [5, 5.41) is 4.69. The molecule has 0 atom stereocenters. The summed E-state index contributed by atoms with van der Waals surface area (Å²) in [7, 11) is 0. The number of benzene rings is 2. The molecule has 28 heavy (non-hydrogen) atoms. The van der Waals surface area contributed by atoms with Crippen molar-refractivity contribution in [3.63, 3.8) is 0 Å². The van der Waals surface area contributed by atoms with Gasteiger partial charge in [0.2, 0.25) is 5.95 Å². The maximum absolute atomic E-state index is 4.79. The highest BCUT2D eigenvalue weighted by Gasteiger charge is 2.21. The smallest absolute Gasteiger partial charge is 0.224 e. The monoisotopic (exact) mass is 369 g/mol. The van der Waals surface area contributed by atoms with Crippen LogP contribution >= 0.6 is 0 Å². The van der Waals surface area contributed by atoms with Crippen molar-refractivity contribution < 1.29 is 0 Å². The Labute approximate surface area is 164 Å². The molecule has 5 heteroatoms. The maximum atomic E-state index is 4.79. The Morgan fingerprint density at radius 3 is 2.89 bits per heavy atom. The SMILES string of the molecule is Cc1cc(N2CCc3ccccc32)nc(NCCc2c[nH]c3ccccc23)n1. The molecule has 5 rings (SSSR count). The van der Waals surface area contributed by atoms with Gasteiger partial charge in [-0.05, 0) is 43.0 Å². The van der Waals surface area contributed by atoms with Crippen molar-refractivity contribution in [3.8, 4) is 0 Å². The molecule has 0 spiro atoms. The van der Waals surface area contributed by atoms with E-state index in [2.05, 4.69) is 81.0 Å². The fourth-order valence-electron chi connectivity index (χ4n) is 3.99. The third kappa shape index (κ3) is 3.09. The van der Waals surface area contributed by atoms with Gasteiger partial charge in [-0.1, -0.05) is 36.4 Å². The van der Waals surface area contributed by atoms with Gasteiger partial charge in [0.25, 0.3) is 0 Å². The van der Waals surface area contributed by atoms with Crippen LogP contribution in [-0.4, -0.2) is 28.0 Å². The summed E-state index contributed by atoms with van der Waals surface area (Å²) in [5.41, 5.74) is 6.10. The van der Waals surface area contributed by atoms with Crippen molar-refractivity contribution in [2.45, 2.75) is 19.8 Å². The summed E-state index contributed by atoms with van der Waals surface area (Å²) in [4.78, 5) is 15.0. The summed E-state index contributed by atoms with van der Waals surface area (Å²) >= 11 is 0. The molecule has 0 fully saturated rings. The number of nitrogens with zero attached hydrogens (tertiary/aromatic N) is 3. The van der Waals surface area contributed by atoms with Crippen LogP contribution in [0.25, 0.3) is 10.9 Å². The van der Waals surface area contributed by atoms with Gasteiger partial charge in [-0.25, -0.2) is 4.98 Å². The van der Waals surface area contributed by atoms with Gasteiger partial charge in [0, 0.05) is 47.6 Å². The molecule has 2 N–H and O–H groups in total. The third-order valence-corrected chi connectivity index (χ3v) is 5.36. The molecule has 0 amide bonds. The van der Waals surface area contributed by atoms with Crippen LogP contribution in [0.4, 0.5) is 17.5 Å². The number of nitrogens with one attached hydrogen (secondary N) is 2. The second kappa shape index (κ2) is 7.00. The fraction of sp³-hybridized carbons (Fsp3) is 0.217. The van der Waals surface area contributed by atoms with Crippen molar-refractivity contribution in [3.05, 3.63) is 77.6 Å². The summed E-state index contributed by atoms with van der Waals surface area (Å²) in [6.45, 7) is 3.78. The van der Waals surface area contributed by atoms with Crippen LogP contribution in [0.3, 0.4) is 0 Å². The minimum absolute atomic E-state index is 0.694. The highest BCUT2D eigenvalue weighted by Crippen LogP contribution is 2.33. The van der Waals surface area contributed by atoms with Crippen molar-refractivity contribution in [1.29, 1.82) is 0 Å². The maximum Gasteiger partial charge on any atom is 0.224 e. The van der Waals surface area contributed by atoms with Crippen molar-refractivity contribution >= 4 is 28.4 Å². The minimum Gasteiger partial charge on any atom is -0.361 e. The number of aromatic amines is 1. The number of rotatable bonds is 5. The second-order valence-corrected chi connectivity index (χ2v) is 7.26. The lowest BCUT2D eigenvalue weighted by molar-refractivity contribution is 0.939. The summed E-state index contributed by atoms with van der Waals surface area (Å²) in [5.74, 6) is 1.66. The quantitative estimate of drug-likeness (QED) is 0.539. The number of aromatic nitrogens is 3. The zero-order chi connectivity index (χ0) is 18.9. The molecule has 1 aliphatic rings. The zero-order valence-electron chi connectivity index (χ0n) is 15.9. The normalized spacial score (nSPS) is 13.1. The number of anilines is 3. The van der Waals surface area contributed by atoms with E-state index in [0.717, 1.165) is 37.4 Å². The van der Waals surface area contributed by atoms with Crippen molar-refractivity contribution in [1.82, 2.24) is 15.0 Å². The highest BCUT2D eigenvalue weighted by atomic mass is 15.2. The molecule has 1 aliphatic heterocycles. The molecule has 0 saturated heterocycles. The zero-order valence-corrected chi connectivity index (χ0v) is 15.9. The number of para-hydroxylation sites is 2. The van der Waals surface area contributed by atoms with Crippen molar-refractivity contribution in [2.75, 3.05) is 23.3 Å². The number of hydrogen-bond acceptors (Lipinski definition) is 4. The molecular formula is C23H23N5. The van der Waals surface area contributed by atoms with Gasteiger partial charge in [-0.3, -0.25) is 0 Å². The largest absolute Gasteiger partial charge is 0.361 e. The van der Waals surface area contributed by atoms with E-state index in [4.69, 9.17) is 4.98 Å². The van der Waals surface area contributed by atoms with E-state index in [1.807, 2.05) is 6.92 Å². The van der Waals surface area contributed by atoms with E-state index in [-0.39, 0.29) is 0 Å². The summed E-state index contributed by atoms with van der Waals surface area (Å²) < 4.78 is 0. The van der Waals surface area contributed by atoms with Crippen LogP contribution in [0.5, 0.6) is 0 Å². The molecule has 3 heterocycles. The number of hydrogen-bond donors (Lipinski definition) is 2. The van der Waals surface area contributed by atoms with Gasteiger partial charge in [0.1, 0.15) is 5.82 Å². The third-order valence-electron chi connectivity index (χ3n) is 5.36. The molecule has 0 saturated carbocycles. The summed E-state index contributed by atoms with van der Waals surface area (Å²) in [6.07, 6.45) is 4.07. The second-order valence-electron chi connectivity index (χ2n) is 7.26. The highest BCUT2D eigenvalue weighted by molar-refractivity contribution is 5.83. The first kappa shape index (κ1) is 16.8. The summed E-state index contributed by atoms with van der Waals surface area (Å²) in [6, 6.07) is 19.0. The topological polar surface area (TPSA) is 56.8 Å². The lowest BCUT2D eigenvalue weighted by atomic mass is 10.1.